The zero-order chi connectivity index (χ0) is 24.8. The van der Waals surface area contributed by atoms with Gasteiger partial charge < -0.3 is 23.4 Å². The molecule has 0 aliphatic carbocycles. The van der Waals surface area contributed by atoms with Crippen molar-refractivity contribution in [1.29, 1.82) is 0 Å². The SMILES string of the molecule is Cc1ccc(Cn2ccc3c(-c4ccc(Cl)cc4)c(C(OC(C)(C)C)C(=O)O)n(C)c(=O)c32)o1. The van der Waals surface area contributed by atoms with Gasteiger partial charge in [-0.15, -0.1) is 0 Å². The number of carboxylic acid groups (broad SMARTS) is 1. The number of fused-ring (bicyclic) bond motifs is 1. The Morgan fingerprint density at radius 1 is 1.15 bits per heavy atom. The van der Waals surface area contributed by atoms with Gasteiger partial charge in [-0.25, -0.2) is 4.79 Å². The van der Waals surface area contributed by atoms with Crippen molar-refractivity contribution in [2.24, 2.45) is 7.05 Å². The van der Waals surface area contributed by atoms with Gasteiger partial charge in [0.1, 0.15) is 17.0 Å². The molecular weight excluding hydrogens is 456 g/mol. The van der Waals surface area contributed by atoms with Gasteiger partial charge in [-0.05, 0) is 63.6 Å². The molecule has 34 heavy (non-hydrogen) atoms. The molecule has 0 spiro atoms. The summed E-state index contributed by atoms with van der Waals surface area (Å²) in [6, 6.07) is 12.7. The molecule has 3 aromatic heterocycles. The number of carbonyl (C=O) groups is 1. The van der Waals surface area contributed by atoms with E-state index in [-0.39, 0.29) is 11.3 Å². The minimum atomic E-state index is -1.36. The predicted molar refractivity (Wildman–Crippen MR) is 131 cm³/mol. The standard InChI is InChI=1S/C26H27ClN2O5/c1-15-6-11-18(33-15)14-29-13-12-19-20(16-7-9-17(27)10-8-16)22(28(5)24(30)21(19)29)23(25(31)32)34-26(2,3)4/h6-13,23H,14H2,1-5H3,(H,31,32). The number of nitrogens with zero attached hydrogens (tertiary/aromatic N) is 2. The first-order valence-corrected chi connectivity index (χ1v) is 11.3. The molecule has 178 valence electrons. The van der Waals surface area contributed by atoms with Crippen molar-refractivity contribution >= 4 is 28.5 Å². The first-order valence-electron chi connectivity index (χ1n) is 10.9. The van der Waals surface area contributed by atoms with E-state index in [1.165, 1.54) is 4.57 Å². The van der Waals surface area contributed by atoms with Crippen LogP contribution in [0.25, 0.3) is 22.0 Å². The predicted octanol–water partition coefficient (Wildman–Crippen LogP) is 5.55. The molecule has 0 aliphatic rings. The topological polar surface area (TPSA) is 86.6 Å². The van der Waals surface area contributed by atoms with Crippen molar-refractivity contribution in [3.8, 4) is 11.1 Å². The molecule has 0 saturated carbocycles. The number of pyridine rings is 1. The van der Waals surface area contributed by atoms with Gasteiger partial charge in [-0.1, -0.05) is 23.7 Å². The Bertz CT molecular complexity index is 1420. The van der Waals surface area contributed by atoms with Crippen LogP contribution >= 0.6 is 11.6 Å². The second kappa shape index (κ2) is 8.81. The van der Waals surface area contributed by atoms with Crippen LogP contribution in [-0.4, -0.2) is 25.8 Å². The highest BCUT2D eigenvalue weighted by atomic mass is 35.5. The zero-order valence-corrected chi connectivity index (χ0v) is 20.5. The summed E-state index contributed by atoms with van der Waals surface area (Å²) < 4.78 is 14.9. The van der Waals surface area contributed by atoms with E-state index in [1.807, 2.05) is 48.0 Å². The Kier molecular flexibility index (Phi) is 6.18. The van der Waals surface area contributed by atoms with Crippen LogP contribution in [0, 0.1) is 6.92 Å². The molecule has 0 amide bonds. The van der Waals surface area contributed by atoms with Crippen LogP contribution in [0.5, 0.6) is 0 Å². The maximum Gasteiger partial charge on any atom is 0.339 e. The van der Waals surface area contributed by atoms with Crippen molar-refractivity contribution in [2.75, 3.05) is 0 Å². The van der Waals surface area contributed by atoms with Gasteiger partial charge in [0, 0.05) is 29.2 Å². The van der Waals surface area contributed by atoms with Crippen LogP contribution in [0.4, 0.5) is 0 Å². The number of rotatable bonds is 6. The van der Waals surface area contributed by atoms with Crippen LogP contribution in [0.3, 0.4) is 0 Å². The Morgan fingerprint density at radius 3 is 2.38 bits per heavy atom. The fraction of sp³-hybridized carbons (Fsp3) is 0.308. The molecule has 0 aliphatic heterocycles. The lowest BCUT2D eigenvalue weighted by atomic mass is 9.96. The Balaban J connectivity index is 2.04. The van der Waals surface area contributed by atoms with Crippen molar-refractivity contribution in [2.45, 2.75) is 45.9 Å². The minimum absolute atomic E-state index is 0.272. The number of benzene rings is 1. The molecule has 0 fully saturated rings. The number of aliphatic carboxylic acids is 1. The van der Waals surface area contributed by atoms with Gasteiger partial charge in [-0.2, -0.15) is 0 Å². The second-order valence-corrected chi connectivity index (χ2v) is 9.73. The lowest BCUT2D eigenvalue weighted by Crippen LogP contribution is -2.33. The van der Waals surface area contributed by atoms with Gasteiger partial charge in [0.15, 0.2) is 6.10 Å². The van der Waals surface area contributed by atoms with E-state index in [2.05, 4.69) is 0 Å². The third kappa shape index (κ3) is 4.54. The summed E-state index contributed by atoms with van der Waals surface area (Å²) in [5.74, 6) is 0.325. The highest BCUT2D eigenvalue weighted by molar-refractivity contribution is 6.30. The average Bonchev–Trinajstić information content (AvgIpc) is 3.35. The van der Waals surface area contributed by atoms with Crippen molar-refractivity contribution < 1.29 is 19.1 Å². The van der Waals surface area contributed by atoms with Crippen molar-refractivity contribution in [1.82, 2.24) is 9.13 Å². The summed E-state index contributed by atoms with van der Waals surface area (Å²) >= 11 is 6.12. The number of aryl methyl sites for hydroxylation is 1. The Hall–Kier alpha value is -3.29. The summed E-state index contributed by atoms with van der Waals surface area (Å²) in [4.78, 5) is 26.0. The highest BCUT2D eigenvalue weighted by Crippen LogP contribution is 2.37. The molecule has 0 saturated heterocycles. The van der Waals surface area contributed by atoms with Gasteiger partial charge in [0.2, 0.25) is 0 Å². The van der Waals surface area contributed by atoms with E-state index in [0.717, 1.165) is 11.3 Å². The molecule has 1 N–H and O–H groups in total. The molecule has 1 atom stereocenters. The van der Waals surface area contributed by atoms with E-state index in [0.29, 0.717) is 33.8 Å². The normalized spacial score (nSPS) is 12.9. The quantitative estimate of drug-likeness (QED) is 0.389. The van der Waals surface area contributed by atoms with Gasteiger partial charge in [0.05, 0.1) is 17.8 Å². The molecule has 0 radical (unpaired) electrons. The largest absolute Gasteiger partial charge is 0.479 e. The first-order chi connectivity index (χ1) is 16.0. The molecule has 8 heteroatoms. The molecular formula is C26H27ClN2O5. The maximum atomic E-state index is 13.6. The van der Waals surface area contributed by atoms with Crippen LogP contribution < -0.4 is 5.56 Å². The molecule has 4 rings (SSSR count). The molecule has 1 aromatic carbocycles. The van der Waals surface area contributed by atoms with Crippen LogP contribution in [0.1, 0.15) is 44.1 Å². The Morgan fingerprint density at radius 2 is 1.82 bits per heavy atom. The number of halogens is 1. The second-order valence-electron chi connectivity index (χ2n) is 9.30. The third-order valence-electron chi connectivity index (χ3n) is 5.56. The maximum absolute atomic E-state index is 13.6. The molecule has 4 aromatic rings. The van der Waals surface area contributed by atoms with Gasteiger partial charge in [0.25, 0.3) is 5.56 Å². The summed E-state index contributed by atoms with van der Waals surface area (Å²) in [6.07, 6.45) is 0.455. The van der Waals surface area contributed by atoms with Crippen LogP contribution in [0.15, 0.2) is 57.9 Å². The lowest BCUT2D eigenvalue weighted by Gasteiger charge is -2.28. The number of hydrogen-bond acceptors (Lipinski definition) is 4. The van der Waals surface area contributed by atoms with Gasteiger partial charge in [-0.3, -0.25) is 4.79 Å². The third-order valence-corrected chi connectivity index (χ3v) is 5.81. The molecule has 7 nitrogen and oxygen atoms in total. The van der Waals surface area contributed by atoms with E-state index in [9.17, 15) is 14.7 Å². The summed E-state index contributed by atoms with van der Waals surface area (Å²) in [5.41, 5.74) is 0.989. The van der Waals surface area contributed by atoms with Gasteiger partial charge >= 0.3 is 5.97 Å². The summed E-state index contributed by atoms with van der Waals surface area (Å²) in [6.45, 7) is 7.57. The van der Waals surface area contributed by atoms with Crippen LogP contribution in [-0.2, 0) is 23.1 Å². The lowest BCUT2D eigenvalue weighted by molar-refractivity contribution is -0.161. The Labute approximate surface area is 202 Å². The summed E-state index contributed by atoms with van der Waals surface area (Å²) in [7, 11) is 1.58. The number of carboxylic acids is 1. The molecule has 3 heterocycles. The fourth-order valence-electron chi connectivity index (χ4n) is 4.16. The number of furan rings is 1. The van der Waals surface area contributed by atoms with E-state index >= 15 is 0 Å². The number of aromatic nitrogens is 2. The van der Waals surface area contributed by atoms with E-state index in [1.54, 1.807) is 40.0 Å². The highest BCUT2D eigenvalue weighted by Gasteiger charge is 2.33. The fourth-order valence-corrected chi connectivity index (χ4v) is 4.29. The first kappa shape index (κ1) is 23.9. The molecule has 1 unspecified atom stereocenters. The van der Waals surface area contributed by atoms with E-state index < -0.39 is 17.7 Å². The van der Waals surface area contributed by atoms with Crippen molar-refractivity contribution in [3.05, 3.63) is 81.3 Å². The van der Waals surface area contributed by atoms with Crippen LogP contribution in [0.2, 0.25) is 5.02 Å². The number of hydrogen-bond donors (Lipinski definition) is 1. The van der Waals surface area contributed by atoms with Crippen molar-refractivity contribution in [3.63, 3.8) is 0 Å². The number of ether oxygens (including phenoxy) is 1. The monoisotopic (exact) mass is 482 g/mol. The summed E-state index contributed by atoms with van der Waals surface area (Å²) in [5, 5.41) is 11.3. The average molecular weight is 483 g/mol. The zero-order valence-electron chi connectivity index (χ0n) is 19.8. The smallest absolute Gasteiger partial charge is 0.339 e. The molecule has 0 bridgehead atoms. The van der Waals surface area contributed by atoms with E-state index in [4.69, 9.17) is 20.8 Å². The minimum Gasteiger partial charge on any atom is -0.479 e.